The summed E-state index contributed by atoms with van der Waals surface area (Å²) >= 11 is 0. The number of aryl methyl sites for hydroxylation is 1. The monoisotopic (exact) mass is 383 g/mol. The molecule has 0 atom stereocenters. The molecule has 6 N–H and O–H groups in total. The van der Waals surface area contributed by atoms with E-state index in [-0.39, 0.29) is 12.4 Å². The van der Waals surface area contributed by atoms with E-state index in [2.05, 4.69) is 30.5 Å². The Balaban J connectivity index is 2.03. The number of allylic oxidation sites excluding steroid dienone is 1. The summed E-state index contributed by atoms with van der Waals surface area (Å²) in [5.74, 6) is 0.0717. The van der Waals surface area contributed by atoms with Gasteiger partial charge in [-0.2, -0.15) is 5.10 Å². The molecule has 0 spiro atoms. The van der Waals surface area contributed by atoms with Crippen LogP contribution in [-0.2, 0) is 0 Å². The average Bonchev–Trinajstić information content (AvgIpc) is 3.25. The van der Waals surface area contributed by atoms with Gasteiger partial charge in [0.15, 0.2) is 11.6 Å². The maximum atomic E-state index is 11.8. The summed E-state index contributed by atoms with van der Waals surface area (Å²) in [6.07, 6.45) is 5.40. The third-order valence-electron chi connectivity index (χ3n) is 3.84. The zero-order valence-electron chi connectivity index (χ0n) is 15.5. The molecule has 0 aliphatic heterocycles. The van der Waals surface area contributed by atoms with Gasteiger partial charge in [-0.3, -0.25) is 19.3 Å². The highest BCUT2D eigenvalue weighted by Gasteiger charge is 2.20. The molecule has 0 aromatic carbocycles. The number of imidazole rings is 1. The number of H-pyrrole nitrogens is 1. The molecule has 0 radical (unpaired) electrons. The molecule has 0 bridgehead atoms. The number of nitrogens with two attached hydrogens (primary N) is 1. The largest absolute Gasteiger partial charge is 0.396 e. The van der Waals surface area contributed by atoms with E-state index in [0.717, 1.165) is 0 Å². The molecule has 11 heteroatoms. The number of carbonyl (C=O) groups excluding carboxylic acids is 1. The van der Waals surface area contributed by atoms with E-state index in [1.165, 1.54) is 0 Å². The molecule has 0 unspecified atom stereocenters. The molecule has 3 heterocycles. The Morgan fingerprint density at radius 1 is 1.46 bits per heavy atom. The third kappa shape index (κ3) is 3.88. The fraction of sp³-hybridized carbons (Fsp3) is 0.294. The van der Waals surface area contributed by atoms with Gasteiger partial charge in [-0.05, 0) is 26.3 Å². The summed E-state index contributed by atoms with van der Waals surface area (Å²) in [6.45, 7) is 3.98. The molecule has 1 amide bonds. The standard InChI is InChI=1S/C17H21N9O2/c1-9(18)6-11(20-4-3-5-27)15-23-16(25-24-15)13-12-7-21-10(2)8-26(12)17(22-13)14(19)28/h6-8,18,20,27H,3-5H2,1-2H3,(H2,19,28)(H,23,24,25)/b11-6-,18-9?. The van der Waals surface area contributed by atoms with Gasteiger partial charge >= 0.3 is 0 Å². The quantitative estimate of drug-likeness (QED) is 0.274. The smallest absolute Gasteiger partial charge is 0.285 e. The van der Waals surface area contributed by atoms with Crippen molar-refractivity contribution in [3.05, 3.63) is 35.8 Å². The first-order valence-corrected chi connectivity index (χ1v) is 8.60. The number of rotatable bonds is 8. The number of aliphatic hydroxyl groups excluding tert-OH is 1. The molecule has 11 nitrogen and oxygen atoms in total. The lowest BCUT2D eigenvalue weighted by Crippen LogP contribution is -2.16. The first-order chi connectivity index (χ1) is 13.4. The van der Waals surface area contributed by atoms with Gasteiger partial charge in [0, 0.05) is 25.1 Å². The summed E-state index contributed by atoms with van der Waals surface area (Å²) < 4.78 is 1.57. The van der Waals surface area contributed by atoms with Crippen LogP contribution < -0.4 is 11.1 Å². The molecule has 3 rings (SSSR count). The number of hydrogen-bond acceptors (Lipinski definition) is 8. The van der Waals surface area contributed by atoms with Crippen molar-refractivity contribution in [1.82, 2.24) is 34.9 Å². The third-order valence-corrected chi connectivity index (χ3v) is 3.84. The Kier molecular flexibility index (Phi) is 5.45. The van der Waals surface area contributed by atoms with Crippen LogP contribution in [0.15, 0.2) is 18.5 Å². The van der Waals surface area contributed by atoms with Crippen LogP contribution in [-0.4, -0.2) is 59.4 Å². The Morgan fingerprint density at radius 3 is 2.93 bits per heavy atom. The first-order valence-electron chi connectivity index (χ1n) is 8.60. The lowest BCUT2D eigenvalue weighted by atomic mass is 10.3. The highest BCUT2D eigenvalue weighted by molar-refractivity contribution is 5.96. The molecule has 0 fully saturated rings. The minimum absolute atomic E-state index is 0.0477. The van der Waals surface area contributed by atoms with E-state index in [0.29, 0.717) is 52.9 Å². The van der Waals surface area contributed by atoms with Crippen LogP contribution in [0.2, 0.25) is 0 Å². The van der Waals surface area contributed by atoms with Crippen molar-refractivity contribution in [2.24, 2.45) is 5.73 Å². The second-order valence-corrected chi connectivity index (χ2v) is 6.18. The Bertz CT molecular complexity index is 1060. The van der Waals surface area contributed by atoms with E-state index in [1.807, 2.05) is 0 Å². The van der Waals surface area contributed by atoms with Gasteiger partial charge in [0.05, 0.1) is 23.1 Å². The number of primary amides is 1. The van der Waals surface area contributed by atoms with Crippen LogP contribution in [0.5, 0.6) is 0 Å². The fourth-order valence-corrected chi connectivity index (χ4v) is 2.63. The fourth-order valence-electron chi connectivity index (χ4n) is 2.63. The van der Waals surface area contributed by atoms with Gasteiger partial charge < -0.3 is 21.6 Å². The van der Waals surface area contributed by atoms with Gasteiger partial charge in [0.2, 0.25) is 5.82 Å². The predicted molar refractivity (Wildman–Crippen MR) is 103 cm³/mol. The number of aromatic nitrogens is 6. The zero-order valence-corrected chi connectivity index (χ0v) is 15.5. The topological polar surface area (TPSA) is 171 Å². The molecule has 28 heavy (non-hydrogen) atoms. The van der Waals surface area contributed by atoms with Crippen molar-refractivity contribution >= 4 is 22.8 Å². The number of fused-ring (bicyclic) bond motifs is 1. The normalized spacial score (nSPS) is 11.8. The summed E-state index contributed by atoms with van der Waals surface area (Å²) in [6, 6.07) is 0. The Labute approximate surface area is 160 Å². The first kappa shape index (κ1) is 19.2. The molecule has 3 aromatic heterocycles. The molecule has 3 aromatic rings. The molecule has 0 saturated carbocycles. The van der Waals surface area contributed by atoms with E-state index >= 15 is 0 Å². The average molecular weight is 383 g/mol. The number of amides is 1. The van der Waals surface area contributed by atoms with E-state index in [4.69, 9.17) is 16.2 Å². The van der Waals surface area contributed by atoms with Crippen LogP contribution in [0, 0.1) is 12.3 Å². The maximum Gasteiger partial charge on any atom is 0.285 e. The molecular formula is C17H21N9O2. The minimum Gasteiger partial charge on any atom is -0.396 e. The molecule has 146 valence electrons. The Hall–Kier alpha value is -3.60. The number of carbonyl (C=O) groups is 1. The lowest BCUT2D eigenvalue weighted by Gasteiger charge is -2.06. The second-order valence-electron chi connectivity index (χ2n) is 6.18. The van der Waals surface area contributed by atoms with Gasteiger partial charge in [-0.15, -0.1) is 0 Å². The second kappa shape index (κ2) is 7.96. The van der Waals surface area contributed by atoms with E-state index in [9.17, 15) is 4.79 Å². The predicted octanol–water partition coefficient (Wildman–Crippen LogP) is 0.274. The summed E-state index contributed by atoms with van der Waals surface area (Å²) in [5.41, 5.74) is 7.96. The van der Waals surface area contributed by atoms with Crippen molar-refractivity contribution in [3.8, 4) is 11.5 Å². The minimum atomic E-state index is -0.669. The summed E-state index contributed by atoms with van der Waals surface area (Å²) in [5, 5.41) is 26.8. The summed E-state index contributed by atoms with van der Waals surface area (Å²) in [7, 11) is 0. The van der Waals surface area contributed by atoms with Gasteiger partial charge in [0.1, 0.15) is 5.69 Å². The van der Waals surface area contributed by atoms with E-state index in [1.54, 1.807) is 36.7 Å². The maximum absolute atomic E-state index is 11.8. The van der Waals surface area contributed by atoms with Crippen molar-refractivity contribution in [1.29, 1.82) is 5.41 Å². The molecule has 0 saturated heterocycles. The zero-order chi connectivity index (χ0) is 20.3. The lowest BCUT2D eigenvalue weighted by molar-refractivity contribution is 0.0990. The van der Waals surface area contributed by atoms with Crippen LogP contribution >= 0.6 is 0 Å². The van der Waals surface area contributed by atoms with E-state index < -0.39 is 5.91 Å². The SMILES string of the molecule is CC(=N)/C=C(\NCCCO)c1n[nH]c(-c2nc(C(N)=O)n3cc(C)ncc23)n1. The van der Waals surface area contributed by atoms with Gasteiger partial charge in [0.25, 0.3) is 5.91 Å². The molecular weight excluding hydrogens is 362 g/mol. The van der Waals surface area contributed by atoms with Crippen molar-refractivity contribution in [3.63, 3.8) is 0 Å². The number of aromatic amines is 1. The van der Waals surface area contributed by atoms with Crippen LogP contribution in [0.25, 0.3) is 22.7 Å². The van der Waals surface area contributed by atoms with Crippen molar-refractivity contribution in [2.45, 2.75) is 20.3 Å². The number of aliphatic hydroxyl groups is 1. The summed E-state index contributed by atoms with van der Waals surface area (Å²) in [4.78, 5) is 24.8. The van der Waals surface area contributed by atoms with Crippen molar-refractivity contribution < 1.29 is 9.90 Å². The molecule has 0 aliphatic carbocycles. The number of nitrogens with zero attached hydrogens (tertiary/aromatic N) is 5. The van der Waals surface area contributed by atoms with Gasteiger partial charge in [-0.25, -0.2) is 9.97 Å². The number of hydrogen-bond donors (Lipinski definition) is 5. The molecule has 0 aliphatic rings. The van der Waals surface area contributed by atoms with Crippen LogP contribution in [0.4, 0.5) is 0 Å². The van der Waals surface area contributed by atoms with Crippen molar-refractivity contribution in [2.75, 3.05) is 13.2 Å². The highest BCUT2D eigenvalue weighted by Crippen LogP contribution is 2.22. The van der Waals surface area contributed by atoms with Crippen LogP contribution in [0.1, 0.15) is 35.5 Å². The van der Waals surface area contributed by atoms with Gasteiger partial charge in [-0.1, -0.05) is 0 Å². The highest BCUT2D eigenvalue weighted by atomic mass is 16.3. The number of nitrogens with one attached hydrogen (secondary N) is 3. The van der Waals surface area contributed by atoms with Crippen LogP contribution in [0.3, 0.4) is 0 Å². The Morgan fingerprint density at radius 2 is 2.25 bits per heavy atom.